The summed E-state index contributed by atoms with van der Waals surface area (Å²) in [7, 11) is 4.12. The first-order valence-corrected chi connectivity index (χ1v) is 4.33. The van der Waals surface area contributed by atoms with E-state index in [0.29, 0.717) is 0 Å². The van der Waals surface area contributed by atoms with E-state index in [0.717, 1.165) is 12.2 Å². The molecule has 0 atom stereocenters. The summed E-state index contributed by atoms with van der Waals surface area (Å²) < 4.78 is 2.11. The molecule has 2 aromatic heterocycles. The van der Waals surface area contributed by atoms with Crippen LogP contribution in [0.1, 0.15) is 5.69 Å². The topological polar surface area (TPSA) is 20.5 Å². The van der Waals surface area contributed by atoms with Crippen molar-refractivity contribution in [2.75, 3.05) is 14.1 Å². The van der Waals surface area contributed by atoms with E-state index in [2.05, 4.69) is 28.4 Å². The Morgan fingerprint density at radius 1 is 1.38 bits per heavy atom. The van der Waals surface area contributed by atoms with Crippen LogP contribution < -0.4 is 0 Å². The van der Waals surface area contributed by atoms with Crippen molar-refractivity contribution >= 4 is 5.65 Å². The van der Waals surface area contributed by atoms with Gasteiger partial charge in [0.25, 0.3) is 0 Å². The maximum atomic E-state index is 4.31. The lowest BCUT2D eigenvalue weighted by Gasteiger charge is -2.08. The number of fused-ring (bicyclic) bond motifs is 1. The molecule has 0 aliphatic heterocycles. The molecule has 0 saturated heterocycles. The van der Waals surface area contributed by atoms with Gasteiger partial charge in [0, 0.05) is 12.7 Å². The van der Waals surface area contributed by atoms with E-state index in [9.17, 15) is 0 Å². The Bertz CT molecular complexity index is 403. The van der Waals surface area contributed by atoms with Crippen LogP contribution in [0.5, 0.6) is 0 Å². The molecule has 0 amide bonds. The molecule has 0 aromatic carbocycles. The van der Waals surface area contributed by atoms with E-state index >= 15 is 0 Å². The van der Waals surface area contributed by atoms with Crippen molar-refractivity contribution in [1.29, 1.82) is 0 Å². The van der Waals surface area contributed by atoms with Gasteiger partial charge < -0.3 is 9.30 Å². The molecule has 0 fully saturated rings. The lowest BCUT2D eigenvalue weighted by atomic mass is 10.4. The summed E-state index contributed by atoms with van der Waals surface area (Å²) >= 11 is 0. The van der Waals surface area contributed by atoms with Crippen LogP contribution in [0.4, 0.5) is 0 Å². The second kappa shape index (κ2) is 3.18. The van der Waals surface area contributed by atoms with E-state index in [1.807, 2.05) is 30.6 Å². The van der Waals surface area contributed by atoms with Crippen LogP contribution >= 0.6 is 0 Å². The Kier molecular flexibility index (Phi) is 2.02. The van der Waals surface area contributed by atoms with Gasteiger partial charge in [0.05, 0.1) is 11.9 Å². The largest absolute Gasteiger partial charge is 0.304 e. The normalized spacial score (nSPS) is 11.3. The van der Waals surface area contributed by atoms with Crippen LogP contribution in [0.25, 0.3) is 5.65 Å². The second-order valence-corrected chi connectivity index (χ2v) is 3.42. The second-order valence-electron chi connectivity index (χ2n) is 3.42. The minimum atomic E-state index is 0.922. The zero-order chi connectivity index (χ0) is 9.26. The van der Waals surface area contributed by atoms with Gasteiger partial charge in [-0.1, -0.05) is 6.07 Å². The number of hydrogen-bond donors (Lipinski definition) is 0. The highest BCUT2D eigenvalue weighted by Crippen LogP contribution is 2.06. The highest BCUT2D eigenvalue weighted by atomic mass is 15.1. The van der Waals surface area contributed by atoms with Crippen LogP contribution in [0.3, 0.4) is 0 Å². The summed E-state index contributed by atoms with van der Waals surface area (Å²) in [4.78, 5) is 6.44. The number of hydrogen-bond acceptors (Lipinski definition) is 2. The summed E-state index contributed by atoms with van der Waals surface area (Å²) in [5, 5.41) is 0. The van der Waals surface area contributed by atoms with Gasteiger partial charge >= 0.3 is 0 Å². The molecule has 3 heteroatoms. The van der Waals surface area contributed by atoms with Gasteiger partial charge in [0.1, 0.15) is 5.65 Å². The van der Waals surface area contributed by atoms with E-state index in [-0.39, 0.29) is 0 Å². The SMILES string of the molecule is CN(C)Cc1cnc2ccccn12. The number of pyridine rings is 1. The summed E-state index contributed by atoms with van der Waals surface area (Å²) in [5.41, 5.74) is 2.24. The quantitative estimate of drug-likeness (QED) is 0.687. The molecule has 0 bridgehead atoms. The van der Waals surface area contributed by atoms with E-state index in [1.165, 1.54) is 5.69 Å². The van der Waals surface area contributed by atoms with Crippen molar-refractivity contribution in [3.8, 4) is 0 Å². The molecule has 0 aliphatic rings. The lowest BCUT2D eigenvalue weighted by Crippen LogP contribution is -2.12. The van der Waals surface area contributed by atoms with Crippen LogP contribution in [-0.4, -0.2) is 28.4 Å². The van der Waals surface area contributed by atoms with Gasteiger partial charge in [-0.3, -0.25) is 0 Å². The molecule has 0 N–H and O–H groups in total. The van der Waals surface area contributed by atoms with Crippen molar-refractivity contribution in [3.05, 3.63) is 36.3 Å². The third kappa shape index (κ3) is 1.55. The van der Waals surface area contributed by atoms with Crippen molar-refractivity contribution < 1.29 is 0 Å². The zero-order valence-electron chi connectivity index (χ0n) is 7.94. The number of rotatable bonds is 2. The summed E-state index contributed by atoms with van der Waals surface area (Å²) in [6.07, 6.45) is 3.97. The van der Waals surface area contributed by atoms with Crippen molar-refractivity contribution in [3.63, 3.8) is 0 Å². The van der Waals surface area contributed by atoms with Gasteiger partial charge in [-0.05, 0) is 26.2 Å². The third-order valence-electron chi connectivity index (χ3n) is 1.97. The maximum absolute atomic E-state index is 4.31. The molecule has 3 nitrogen and oxygen atoms in total. The molecule has 2 aromatic rings. The summed E-state index contributed by atoms with van der Waals surface area (Å²) in [6, 6.07) is 6.04. The smallest absolute Gasteiger partial charge is 0.136 e. The fourth-order valence-electron chi connectivity index (χ4n) is 1.43. The Morgan fingerprint density at radius 2 is 2.23 bits per heavy atom. The molecule has 13 heavy (non-hydrogen) atoms. The molecule has 68 valence electrons. The zero-order valence-corrected chi connectivity index (χ0v) is 7.94. The van der Waals surface area contributed by atoms with Gasteiger partial charge in [-0.15, -0.1) is 0 Å². The van der Waals surface area contributed by atoms with E-state index < -0.39 is 0 Å². The van der Waals surface area contributed by atoms with Crippen LogP contribution in [0.15, 0.2) is 30.6 Å². The van der Waals surface area contributed by atoms with Crippen molar-refractivity contribution in [2.24, 2.45) is 0 Å². The van der Waals surface area contributed by atoms with Crippen LogP contribution in [0.2, 0.25) is 0 Å². The number of nitrogens with zero attached hydrogens (tertiary/aromatic N) is 3. The lowest BCUT2D eigenvalue weighted by molar-refractivity contribution is 0.395. The third-order valence-corrected chi connectivity index (χ3v) is 1.97. The molecule has 0 radical (unpaired) electrons. The maximum Gasteiger partial charge on any atom is 0.136 e. The molecule has 2 heterocycles. The first kappa shape index (κ1) is 8.26. The van der Waals surface area contributed by atoms with Gasteiger partial charge in [0.15, 0.2) is 0 Å². The average Bonchev–Trinajstić information content (AvgIpc) is 2.48. The molecular weight excluding hydrogens is 162 g/mol. The Hall–Kier alpha value is -1.35. The first-order valence-electron chi connectivity index (χ1n) is 4.33. The summed E-state index contributed by atoms with van der Waals surface area (Å²) in [5.74, 6) is 0. The van der Waals surface area contributed by atoms with Gasteiger partial charge in [0.2, 0.25) is 0 Å². The van der Waals surface area contributed by atoms with Crippen molar-refractivity contribution in [2.45, 2.75) is 6.54 Å². The van der Waals surface area contributed by atoms with E-state index in [1.54, 1.807) is 0 Å². The molecule has 0 unspecified atom stereocenters. The minimum Gasteiger partial charge on any atom is -0.304 e. The van der Waals surface area contributed by atoms with Crippen LogP contribution in [0, 0.1) is 0 Å². The molecule has 0 spiro atoms. The monoisotopic (exact) mass is 175 g/mol. The first-order chi connectivity index (χ1) is 6.27. The predicted molar refractivity (Wildman–Crippen MR) is 52.6 cm³/mol. The molecular formula is C10H13N3. The van der Waals surface area contributed by atoms with Crippen LogP contribution in [-0.2, 0) is 6.54 Å². The minimum absolute atomic E-state index is 0.922. The summed E-state index contributed by atoms with van der Waals surface area (Å²) in [6.45, 7) is 0.922. The fraction of sp³-hybridized carbons (Fsp3) is 0.300. The Labute approximate surface area is 77.6 Å². The fourth-order valence-corrected chi connectivity index (χ4v) is 1.43. The molecule has 0 aliphatic carbocycles. The van der Waals surface area contributed by atoms with E-state index in [4.69, 9.17) is 0 Å². The van der Waals surface area contributed by atoms with Gasteiger partial charge in [-0.2, -0.15) is 0 Å². The number of imidazole rings is 1. The highest BCUT2D eigenvalue weighted by Gasteiger charge is 2.01. The molecule has 0 saturated carbocycles. The number of aromatic nitrogens is 2. The average molecular weight is 175 g/mol. The Balaban J connectivity index is 2.46. The standard InChI is InChI=1S/C10H13N3/c1-12(2)8-9-7-11-10-5-3-4-6-13(9)10/h3-7H,8H2,1-2H3. The Morgan fingerprint density at radius 3 is 3.00 bits per heavy atom. The molecule has 2 rings (SSSR count). The van der Waals surface area contributed by atoms with Crippen molar-refractivity contribution in [1.82, 2.24) is 14.3 Å². The highest BCUT2D eigenvalue weighted by molar-refractivity contribution is 5.39. The van der Waals surface area contributed by atoms with Gasteiger partial charge in [-0.25, -0.2) is 4.98 Å². The predicted octanol–water partition coefficient (Wildman–Crippen LogP) is 1.40.